The molecule has 0 unspecified atom stereocenters. The average molecular weight is 440 g/mol. The number of ether oxygens (including phenoxy) is 1. The first-order valence-electron chi connectivity index (χ1n) is 10.7. The van der Waals surface area contributed by atoms with Crippen LogP contribution in [0.5, 0.6) is 0 Å². The topological polar surface area (TPSA) is 68.8 Å². The third kappa shape index (κ3) is 5.62. The summed E-state index contributed by atoms with van der Waals surface area (Å²) >= 11 is 5.37. The van der Waals surface area contributed by atoms with E-state index < -0.39 is 0 Å². The predicted octanol–water partition coefficient (Wildman–Crippen LogP) is 2.11. The number of thiocarbonyl (C=S) groups is 1. The second-order valence-electron chi connectivity index (χ2n) is 7.44. The summed E-state index contributed by atoms with van der Waals surface area (Å²) in [5, 5.41) is 6.68. The number of piperazine rings is 1. The maximum absolute atomic E-state index is 5.50. The van der Waals surface area contributed by atoms with Crippen LogP contribution in [0.25, 0.3) is 0 Å². The highest BCUT2D eigenvalue weighted by molar-refractivity contribution is 7.80. The molecule has 164 valence electrons. The molecule has 8 nitrogen and oxygen atoms in total. The first-order valence-corrected chi connectivity index (χ1v) is 11.1. The van der Waals surface area contributed by atoms with Gasteiger partial charge in [0.15, 0.2) is 5.11 Å². The van der Waals surface area contributed by atoms with E-state index in [4.69, 9.17) is 26.9 Å². The van der Waals surface area contributed by atoms with Gasteiger partial charge in [0, 0.05) is 57.6 Å². The van der Waals surface area contributed by atoms with Gasteiger partial charge in [0.1, 0.15) is 11.6 Å². The highest BCUT2D eigenvalue weighted by atomic mass is 32.1. The van der Waals surface area contributed by atoms with Crippen LogP contribution in [0.15, 0.2) is 49.1 Å². The monoisotopic (exact) mass is 439 g/mol. The summed E-state index contributed by atoms with van der Waals surface area (Å²) < 4.78 is 5.50. The third-order valence-corrected chi connectivity index (χ3v) is 5.64. The Morgan fingerprint density at radius 2 is 1.58 bits per heavy atom. The van der Waals surface area contributed by atoms with Crippen molar-refractivity contribution in [3.63, 3.8) is 0 Å². The van der Waals surface area contributed by atoms with Crippen molar-refractivity contribution in [2.24, 2.45) is 0 Å². The molecule has 0 aliphatic carbocycles. The summed E-state index contributed by atoms with van der Waals surface area (Å²) in [5.41, 5.74) is 1.26. The van der Waals surface area contributed by atoms with Crippen molar-refractivity contribution in [2.75, 3.05) is 79.0 Å². The summed E-state index contributed by atoms with van der Waals surface area (Å²) in [5.74, 6) is 2.32. The van der Waals surface area contributed by atoms with E-state index in [9.17, 15) is 0 Å². The zero-order valence-corrected chi connectivity index (χ0v) is 18.5. The van der Waals surface area contributed by atoms with Crippen LogP contribution in [-0.4, -0.2) is 74.1 Å². The van der Waals surface area contributed by atoms with E-state index in [1.165, 1.54) is 5.69 Å². The molecule has 3 heterocycles. The number of para-hydroxylation sites is 1. The van der Waals surface area contributed by atoms with E-state index in [2.05, 4.69) is 68.3 Å². The number of nitrogens with zero attached hydrogens (tertiary/aromatic N) is 5. The molecule has 0 bridgehead atoms. The summed E-state index contributed by atoms with van der Waals surface area (Å²) in [6.45, 7) is 11.0. The maximum atomic E-state index is 5.50. The van der Waals surface area contributed by atoms with Gasteiger partial charge in [-0.2, -0.15) is 9.97 Å². The minimum atomic E-state index is 0.485. The Bertz CT molecular complexity index is 881. The number of aromatic nitrogens is 2. The van der Waals surface area contributed by atoms with Gasteiger partial charge < -0.3 is 30.1 Å². The number of rotatable bonds is 6. The molecular weight excluding hydrogens is 410 g/mol. The Kier molecular flexibility index (Phi) is 7.16. The fourth-order valence-electron chi connectivity index (χ4n) is 3.74. The second kappa shape index (κ2) is 10.4. The van der Waals surface area contributed by atoms with Gasteiger partial charge >= 0.3 is 0 Å². The van der Waals surface area contributed by atoms with E-state index >= 15 is 0 Å². The fraction of sp³-hybridized carbons (Fsp3) is 0.409. The quantitative estimate of drug-likeness (QED) is 0.520. The van der Waals surface area contributed by atoms with E-state index in [0.29, 0.717) is 30.8 Å². The zero-order valence-electron chi connectivity index (χ0n) is 17.7. The molecule has 2 aliphatic rings. The van der Waals surface area contributed by atoms with Crippen LogP contribution in [0.2, 0.25) is 0 Å². The Labute approximate surface area is 188 Å². The van der Waals surface area contributed by atoms with Crippen LogP contribution in [0.4, 0.5) is 23.3 Å². The number of nitrogens with one attached hydrogen (secondary N) is 2. The normalized spacial score (nSPS) is 16.7. The molecule has 0 saturated carbocycles. The Morgan fingerprint density at radius 3 is 2.23 bits per heavy atom. The minimum Gasteiger partial charge on any atom is -0.378 e. The molecule has 0 atom stereocenters. The van der Waals surface area contributed by atoms with Gasteiger partial charge in [0.05, 0.1) is 13.2 Å². The van der Waals surface area contributed by atoms with Crippen molar-refractivity contribution in [1.82, 2.24) is 15.3 Å². The molecule has 0 radical (unpaired) electrons. The van der Waals surface area contributed by atoms with Gasteiger partial charge in [-0.1, -0.05) is 24.3 Å². The lowest BCUT2D eigenvalue weighted by Gasteiger charge is -2.37. The molecular formula is C22H29N7OS. The highest BCUT2D eigenvalue weighted by Gasteiger charge is 2.22. The van der Waals surface area contributed by atoms with E-state index in [-0.39, 0.29) is 0 Å². The van der Waals surface area contributed by atoms with Crippen molar-refractivity contribution in [3.05, 3.63) is 49.1 Å². The van der Waals surface area contributed by atoms with Gasteiger partial charge in [-0.15, -0.1) is 6.58 Å². The molecule has 31 heavy (non-hydrogen) atoms. The van der Waals surface area contributed by atoms with Crippen LogP contribution in [0, 0.1) is 0 Å². The first-order chi connectivity index (χ1) is 15.2. The molecule has 2 fully saturated rings. The molecule has 9 heteroatoms. The van der Waals surface area contributed by atoms with Gasteiger partial charge in [-0.3, -0.25) is 0 Å². The second-order valence-corrected chi connectivity index (χ2v) is 7.85. The number of hydrogen-bond donors (Lipinski definition) is 2. The number of anilines is 4. The molecule has 1 aromatic carbocycles. The van der Waals surface area contributed by atoms with Gasteiger partial charge in [0.25, 0.3) is 0 Å². The van der Waals surface area contributed by atoms with Crippen molar-refractivity contribution in [2.45, 2.75) is 0 Å². The van der Waals surface area contributed by atoms with Gasteiger partial charge in [-0.25, -0.2) is 0 Å². The molecule has 0 spiro atoms. The first kappa shape index (κ1) is 21.3. The van der Waals surface area contributed by atoms with Crippen LogP contribution in [0.3, 0.4) is 0 Å². The van der Waals surface area contributed by atoms with Crippen LogP contribution >= 0.6 is 12.2 Å². The highest BCUT2D eigenvalue weighted by Crippen LogP contribution is 2.24. The average Bonchev–Trinajstić information content (AvgIpc) is 2.84. The Balaban J connectivity index is 1.50. The van der Waals surface area contributed by atoms with Crippen molar-refractivity contribution in [3.8, 4) is 0 Å². The molecule has 2 aromatic rings. The van der Waals surface area contributed by atoms with Crippen LogP contribution in [-0.2, 0) is 4.74 Å². The van der Waals surface area contributed by atoms with Gasteiger partial charge in [-0.05, 0) is 24.4 Å². The lowest BCUT2D eigenvalue weighted by Crippen LogP contribution is -2.47. The molecule has 2 saturated heterocycles. The van der Waals surface area contributed by atoms with Gasteiger partial charge in [0.2, 0.25) is 5.95 Å². The van der Waals surface area contributed by atoms with Crippen molar-refractivity contribution >= 4 is 40.6 Å². The van der Waals surface area contributed by atoms with Crippen LogP contribution in [0.1, 0.15) is 0 Å². The van der Waals surface area contributed by atoms with E-state index in [1.54, 1.807) is 6.08 Å². The summed E-state index contributed by atoms with van der Waals surface area (Å²) in [4.78, 5) is 16.5. The molecule has 1 aromatic heterocycles. The van der Waals surface area contributed by atoms with E-state index in [1.807, 2.05) is 0 Å². The Morgan fingerprint density at radius 1 is 0.968 bits per heavy atom. The standard InChI is InChI=1S/C22H29N7OS/c1-2-8-23-22(31)26-21-24-19(17-20(25-21)29-13-15-30-16-14-29)28-11-9-27(10-12-28)18-6-4-3-5-7-18/h2-7,17H,1,8-16H2,(H2,23,24,25,26,31). The van der Waals surface area contributed by atoms with E-state index in [0.717, 1.165) is 50.9 Å². The summed E-state index contributed by atoms with van der Waals surface area (Å²) in [7, 11) is 0. The fourth-order valence-corrected chi connectivity index (χ4v) is 3.91. The van der Waals surface area contributed by atoms with Crippen molar-refractivity contribution in [1.29, 1.82) is 0 Å². The molecule has 2 N–H and O–H groups in total. The predicted molar refractivity (Wildman–Crippen MR) is 130 cm³/mol. The maximum Gasteiger partial charge on any atom is 0.232 e. The lowest BCUT2D eigenvalue weighted by molar-refractivity contribution is 0.122. The SMILES string of the molecule is C=CCNC(=S)Nc1nc(N2CCOCC2)cc(N2CCN(c3ccccc3)CC2)n1. The third-order valence-electron chi connectivity index (χ3n) is 5.39. The smallest absolute Gasteiger partial charge is 0.232 e. The van der Waals surface area contributed by atoms with Crippen molar-refractivity contribution < 1.29 is 4.74 Å². The number of hydrogen-bond acceptors (Lipinski definition) is 7. The summed E-state index contributed by atoms with van der Waals surface area (Å²) in [6, 6.07) is 12.6. The molecule has 0 amide bonds. The van der Waals surface area contributed by atoms with Crippen LogP contribution < -0.4 is 25.3 Å². The lowest BCUT2D eigenvalue weighted by atomic mass is 10.2. The summed E-state index contributed by atoms with van der Waals surface area (Å²) in [6.07, 6.45) is 1.76. The number of morpholine rings is 1. The largest absolute Gasteiger partial charge is 0.378 e. The number of benzene rings is 1. The zero-order chi connectivity index (χ0) is 21.5. The Hall–Kier alpha value is -2.91. The molecule has 4 rings (SSSR count). The minimum absolute atomic E-state index is 0.485. The molecule has 2 aliphatic heterocycles.